The molecule has 2 rings (SSSR count). The molecule has 1 aliphatic rings. The molecule has 0 amide bonds. The van der Waals surface area contributed by atoms with Crippen LogP contribution in [0.4, 0.5) is 0 Å². The second kappa shape index (κ2) is 6.34. The maximum Gasteiger partial charge on any atom is 0.307 e. The minimum Gasteiger partial charge on any atom is -0.466 e. The van der Waals surface area contributed by atoms with Crippen LogP contribution >= 0.6 is 15.9 Å². The Labute approximate surface area is 116 Å². The third-order valence-corrected chi connectivity index (χ3v) is 3.76. The molecule has 1 N–H and O–H groups in total. The van der Waals surface area contributed by atoms with Gasteiger partial charge in [0.2, 0.25) is 0 Å². The van der Waals surface area contributed by atoms with Gasteiger partial charge in [-0.25, -0.2) is 0 Å². The van der Waals surface area contributed by atoms with Crippen LogP contribution < -0.4 is 5.32 Å². The number of halogens is 1. The molecular weight excluding hydrogens is 294 g/mol. The number of hydrogen-bond donors (Lipinski definition) is 1. The Morgan fingerprint density at radius 3 is 2.78 bits per heavy atom. The van der Waals surface area contributed by atoms with Crippen LogP contribution in [0, 0.1) is 0 Å². The Kier molecular flexibility index (Phi) is 4.78. The molecule has 0 saturated carbocycles. The van der Waals surface area contributed by atoms with E-state index in [9.17, 15) is 4.79 Å². The molecule has 1 aromatic rings. The van der Waals surface area contributed by atoms with Crippen molar-refractivity contribution in [3.8, 4) is 0 Å². The van der Waals surface area contributed by atoms with Gasteiger partial charge < -0.3 is 10.1 Å². The highest BCUT2D eigenvalue weighted by molar-refractivity contribution is 9.10. The summed E-state index contributed by atoms with van der Waals surface area (Å²) in [4.78, 5) is 11.4. The topological polar surface area (TPSA) is 38.3 Å². The van der Waals surface area contributed by atoms with Crippen molar-refractivity contribution in [2.24, 2.45) is 0 Å². The number of hydrogen-bond acceptors (Lipinski definition) is 3. The zero-order valence-electron chi connectivity index (χ0n) is 10.5. The summed E-state index contributed by atoms with van der Waals surface area (Å²) < 4.78 is 6.07. The third kappa shape index (κ3) is 3.56. The molecular formula is C14H18BrNO2. The maximum atomic E-state index is 11.4. The van der Waals surface area contributed by atoms with Crippen molar-refractivity contribution in [3.05, 3.63) is 34.3 Å². The molecule has 1 aromatic carbocycles. The average Bonchev–Trinajstić information content (AvgIpc) is 2.78. The number of rotatable bonds is 4. The van der Waals surface area contributed by atoms with Crippen molar-refractivity contribution in [1.29, 1.82) is 0 Å². The van der Waals surface area contributed by atoms with Gasteiger partial charge in [0.15, 0.2) is 0 Å². The Morgan fingerprint density at radius 1 is 1.39 bits per heavy atom. The van der Waals surface area contributed by atoms with Gasteiger partial charge in [-0.15, -0.1) is 0 Å². The maximum absolute atomic E-state index is 11.4. The second-order valence-corrected chi connectivity index (χ2v) is 5.47. The van der Waals surface area contributed by atoms with Gasteiger partial charge in [-0.05, 0) is 37.5 Å². The Hall–Kier alpha value is -0.870. The molecule has 2 atom stereocenters. The van der Waals surface area contributed by atoms with Crippen LogP contribution in [0.2, 0.25) is 0 Å². The zero-order chi connectivity index (χ0) is 13.0. The Morgan fingerprint density at radius 2 is 2.11 bits per heavy atom. The summed E-state index contributed by atoms with van der Waals surface area (Å²) in [5, 5.41) is 3.50. The van der Waals surface area contributed by atoms with Gasteiger partial charge in [-0.1, -0.05) is 28.1 Å². The van der Waals surface area contributed by atoms with E-state index in [1.807, 2.05) is 6.92 Å². The van der Waals surface area contributed by atoms with Crippen LogP contribution in [0.1, 0.15) is 37.8 Å². The fourth-order valence-corrected chi connectivity index (χ4v) is 2.62. The lowest BCUT2D eigenvalue weighted by Crippen LogP contribution is -2.27. The molecule has 1 aliphatic heterocycles. The number of nitrogens with one attached hydrogen (secondary N) is 1. The van der Waals surface area contributed by atoms with E-state index in [1.54, 1.807) is 0 Å². The number of carbonyl (C=O) groups is 1. The summed E-state index contributed by atoms with van der Waals surface area (Å²) in [5.74, 6) is -0.105. The van der Waals surface area contributed by atoms with Crippen LogP contribution in [0.25, 0.3) is 0 Å². The summed E-state index contributed by atoms with van der Waals surface area (Å²) in [6.07, 6.45) is 2.58. The van der Waals surface area contributed by atoms with E-state index in [0.29, 0.717) is 19.1 Å². The van der Waals surface area contributed by atoms with Gasteiger partial charge >= 0.3 is 5.97 Å². The van der Waals surface area contributed by atoms with Crippen LogP contribution in [0.3, 0.4) is 0 Å². The number of ether oxygens (including phenoxy) is 1. The molecule has 1 heterocycles. The molecule has 0 aliphatic carbocycles. The van der Waals surface area contributed by atoms with Gasteiger partial charge in [-0.2, -0.15) is 0 Å². The van der Waals surface area contributed by atoms with Crippen molar-refractivity contribution in [2.75, 3.05) is 6.61 Å². The van der Waals surface area contributed by atoms with Crippen molar-refractivity contribution >= 4 is 21.9 Å². The van der Waals surface area contributed by atoms with Crippen LogP contribution in [-0.4, -0.2) is 18.6 Å². The SMILES string of the molecule is CCOC(=O)CC1CCC(c2ccc(Br)cc2)N1. The molecule has 18 heavy (non-hydrogen) atoms. The average molecular weight is 312 g/mol. The molecule has 1 saturated heterocycles. The van der Waals surface area contributed by atoms with Gasteiger partial charge in [0.25, 0.3) is 0 Å². The molecule has 98 valence electrons. The van der Waals surface area contributed by atoms with Gasteiger partial charge in [0.1, 0.15) is 0 Å². The number of carbonyl (C=O) groups excluding carboxylic acids is 1. The molecule has 0 aromatic heterocycles. The lowest BCUT2D eigenvalue weighted by atomic mass is 10.1. The summed E-state index contributed by atoms with van der Waals surface area (Å²) in [6, 6.07) is 8.95. The van der Waals surface area contributed by atoms with Gasteiger partial charge in [-0.3, -0.25) is 4.79 Å². The van der Waals surface area contributed by atoms with Gasteiger partial charge in [0.05, 0.1) is 13.0 Å². The predicted octanol–water partition coefficient (Wildman–Crippen LogP) is 3.20. The normalized spacial score (nSPS) is 23.0. The molecule has 2 unspecified atom stereocenters. The number of benzene rings is 1. The first-order chi connectivity index (χ1) is 8.69. The lowest BCUT2D eigenvalue weighted by molar-refractivity contribution is -0.143. The van der Waals surface area contributed by atoms with Crippen molar-refractivity contribution in [1.82, 2.24) is 5.32 Å². The quantitative estimate of drug-likeness (QED) is 0.868. The fraction of sp³-hybridized carbons (Fsp3) is 0.500. The molecule has 3 nitrogen and oxygen atoms in total. The third-order valence-electron chi connectivity index (χ3n) is 3.23. The summed E-state index contributed by atoms with van der Waals surface area (Å²) >= 11 is 3.43. The molecule has 0 spiro atoms. The molecule has 0 radical (unpaired) electrons. The highest BCUT2D eigenvalue weighted by Crippen LogP contribution is 2.28. The largest absolute Gasteiger partial charge is 0.466 e. The lowest BCUT2D eigenvalue weighted by Gasteiger charge is -2.14. The van der Waals surface area contributed by atoms with E-state index >= 15 is 0 Å². The van der Waals surface area contributed by atoms with E-state index < -0.39 is 0 Å². The highest BCUT2D eigenvalue weighted by Gasteiger charge is 2.26. The molecule has 1 fully saturated rings. The van der Waals surface area contributed by atoms with Crippen molar-refractivity contribution < 1.29 is 9.53 Å². The highest BCUT2D eigenvalue weighted by atomic mass is 79.9. The van der Waals surface area contributed by atoms with E-state index in [1.165, 1.54) is 5.56 Å². The number of esters is 1. The van der Waals surface area contributed by atoms with Gasteiger partial charge in [0, 0.05) is 16.6 Å². The van der Waals surface area contributed by atoms with Crippen LogP contribution in [0.15, 0.2) is 28.7 Å². The second-order valence-electron chi connectivity index (χ2n) is 4.55. The Balaban J connectivity index is 1.88. The predicted molar refractivity (Wildman–Crippen MR) is 74.3 cm³/mol. The van der Waals surface area contributed by atoms with Crippen molar-refractivity contribution in [2.45, 2.75) is 38.3 Å². The van der Waals surface area contributed by atoms with Crippen LogP contribution in [-0.2, 0) is 9.53 Å². The monoisotopic (exact) mass is 311 g/mol. The summed E-state index contributed by atoms with van der Waals surface area (Å²) in [7, 11) is 0. The van der Waals surface area contributed by atoms with Crippen molar-refractivity contribution in [3.63, 3.8) is 0 Å². The fourth-order valence-electron chi connectivity index (χ4n) is 2.36. The van der Waals surface area contributed by atoms with E-state index in [-0.39, 0.29) is 12.0 Å². The Bertz CT molecular complexity index is 405. The zero-order valence-corrected chi connectivity index (χ0v) is 12.1. The van der Waals surface area contributed by atoms with E-state index in [4.69, 9.17) is 4.74 Å². The van der Waals surface area contributed by atoms with E-state index in [2.05, 4.69) is 45.5 Å². The minimum atomic E-state index is -0.105. The molecule has 4 heteroatoms. The van der Waals surface area contributed by atoms with Crippen LogP contribution in [0.5, 0.6) is 0 Å². The minimum absolute atomic E-state index is 0.105. The first-order valence-electron chi connectivity index (χ1n) is 6.36. The smallest absolute Gasteiger partial charge is 0.307 e. The summed E-state index contributed by atoms with van der Waals surface area (Å²) in [5.41, 5.74) is 1.28. The first kappa shape index (κ1) is 13.6. The first-order valence-corrected chi connectivity index (χ1v) is 7.15. The van der Waals surface area contributed by atoms with E-state index in [0.717, 1.165) is 17.3 Å². The standard InChI is InChI=1S/C14H18BrNO2/c1-2-18-14(17)9-12-7-8-13(16-12)10-3-5-11(15)6-4-10/h3-6,12-13,16H,2,7-9H2,1H3. The molecule has 0 bridgehead atoms. The summed E-state index contributed by atoms with van der Waals surface area (Å²) in [6.45, 7) is 2.30.